The van der Waals surface area contributed by atoms with Gasteiger partial charge in [-0.15, -0.1) is 0 Å². The monoisotopic (exact) mass is 253 g/mol. The fourth-order valence-electron chi connectivity index (χ4n) is 2.92. The van der Waals surface area contributed by atoms with E-state index < -0.39 is 0 Å². The molecule has 1 aliphatic carbocycles. The van der Waals surface area contributed by atoms with Crippen molar-refractivity contribution < 1.29 is 0 Å². The van der Waals surface area contributed by atoms with Gasteiger partial charge in [-0.05, 0) is 32.2 Å². The largest absolute Gasteiger partial charge is 0.314 e. The van der Waals surface area contributed by atoms with E-state index in [-0.39, 0.29) is 0 Å². The maximum atomic E-state index is 3.69. The van der Waals surface area contributed by atoms with Crippen LogP contribution in [0.5, 0.6) is 0 Å². The van der Waals surface area contributed by atoms with Gasteiger partial charge in [0.15, 0.2) is 0 Å². The van der Waals surface area contributed by atoms with Gasteiger partial charge in [-0.3, -0.25) is 0 Å². The Hall–Kier alpha value is -0.0400. The Morgan fingerprint density at radius 1 is 0.944 bits per heavy atom. The summed E-state index contributed by atoms with van der Waals surface area (Å²) in [6, 6.07) is 0.750. The first-order valence-corrected chi connectivity index (χ1v) is 8.56. The Bertz CT molecular complexity index is 174. The number of rotatable bonds is 12. The van der Waals surface area contributed by atoms with E-state index >= 15 is 0 Å². The average molecular weight is 253 g/mol. The second-order valence-electron chi connectivity index (χ2n) is 6.36. The first-order valence-electron chi connectivity index (χ1n) is 8.56. The topological polar surface area (TPSA) is 12.0 Å². The summed E-state index contributed by atoms with van der Waals surface area (Å²) in [4.78, 5) is 0. The van der Waals surface area contributed by atoms with E-state index in [0.717, 1.165) is 12.0 Å². The van der Waals surface area contributed by atoms with Crippen molar-refractivity contribution in [1.29, 1.82) is 0 Å². The zero-order valence-electron chi connectivity index (χ0n) is 12.8. The molecule has 0 aromatic heterocycles. The third-order valence-electron chi connectivity index (χ3n) is 4.43. The Balaban J connectivity index is 1.74. The molecule has 1 N–H and O–H groups in total. The van der Waals surface area contributed by atoms with Crippen molar-refractivity contribution >= 4 is 0 Å². The second kappa shape index (κ2) is 10.8. The maximum Gasteiger partial charge on any atom is 0.00413 e. The number of hydrogen-bond acceptors (Lipinski definition) is 1. The highest BCUT2D eigenvalue weighted by atomic mass is 14.9. The molecule has 1 atom stereocenters. The first-order chi connectivity index (χ1) is 8.83. The van der Waals surface area contributed by atoms with E-state index in [1.807, 2.05) is 0 Å². The molecule has 0 aromatic rings. The van der Waals surface area contributed by atoms with Crippen LogP contribution in [0.25, 0.3) is 0 Å². The molecule has 1 rings (SSSR count). The van der Waals surface area contributed by atoms with Gasteiger partial charge in [-0.25, -0.2) is 0 Å². The number of unbranched alkanes of at least 4 members (excludes halogenated alkanes) is 7. The summed E-state index contributed by atoms with van der Waals surface area (Å²) < 4.78 is 0. The lowest BCUT2D eigenvalue weighted by molar-refractivity contribution is 0.265. The van der Waals surface area contributed by atoms with Gasteiger partial charge in [0.25, 0.3) is 0 Å². The van der Waals surface area contributed by atoms with Gasteiger partial charge in [0, 0.05) is 6.04 Å². The van der Waals surface area contributed by atoms with Crippen molar-refractivity contribution in [3.05, 3.63) is 0 Å². The molecule has 0 aromatic carbocycles. The van der Waals surface area contributed by atoms with Crippen LogP contribution in [0.15, 0.2) is 0 Å². The highest BCUT2D eigenvalue weighted by molar-refractivity contribution is 4.74. The van der Waals surface area contributed by atoms with Crippen LogP contribution in [0.3, 0.4) is 0 Å². The van der Waals surface area contributed by atoms with E-state index in [0.29, 0.717) is 0 Å². The SMILES string of the molecule is CCCCCCCCCCNC(C)CC1CCC1. The summed E-state index contributed by atoms with van der Waals surface area (Å²) in [6.07, 6.45) is 17.3. The minimum absolute atomic E-state index is 0.750. The molecule has 1 nitrogen and oxygen atoms in total. The molecule has 1 unspecified atom stereocenters. The molecule has 0 spiro atoms. The number of hydrogen-bond donors (Lipinski definition) is 1. The Labute approximate surface area is 115 Å². The van der Waals surface area contributed by atoms with Crippen LogP contribution in [0, 0.1) is 5.92 Å². The molecule has 1 saturated carbocycles. The van der Waals surface area contributed by atoms with E-state index in [1.165, 1.54) is 83.6 Å². The van der Waals surface area contributed by atoms with Gasteiger partial charge in [0.1, 0.15) is 0 Å². The summed E-state index contributed by atoms with van der Waals surface area (Å²) in [5.74, 6) is 1.05. The van der Waals surface area contributed by atoms with Crippen molar-refractivity contribution in [2.45, 2.75) is 96.9 Å². The fourth-order valence-corrected chi connectivity index (χ4v) is 2.92. The number of nitrogens with one attached hydrogen (secondary N) is 1. The Morgan fingerprint density at radius 2 is 1.56 bits per heavy atom. The van der Waals surface area contributed by atoms with Crippen molar-refractivity contribution in [2.24, 2.45) is 5.92 Å². The first kappa shape index (κ1) is 16.0. The van der Waals surface area contributed by atoms with Crippen molar-refractivity contribution in [3.8, 4) is 0 Å². The lowest BCUT2D eigenvalue weighted by Gasteiger charge is -2.28. The van der Waals surface area contributed by atoms with E-state index in [2.05, 4.69) is 19.2 Å². The quantitative estimate of drug-likeness (QED) is 0.466. The van der Waals surface area contributed by atoms with E-state index in [1.54, 1.807) is 0 Å². The predicted octanol–water partition coefficient (Wildman–Crippen LogP) is 5.30. The average Bonchev–Trinajstić information content (AvgIpc) is 2.32. The molecule has 0 radical (unpaired) electrons. The minimum atomic E-state index is 0.750. The molecule has 0 amide bonds. The van der Waals surface area contributed by atoms with Crippen LogP contribution >= 0.6 is 0 Å². The Morgan fingerprint density at radius 3 is 2.11 bits per heavy atom. The molecule has 0 heterocycles. The normalized spacial score (nSPS) is 17.7. The van der Waals surface area contributed by atoms with Gasteiger partial charge >= 0.3 is 0 Å². The highest BCUT2D eigenvalue weighted by Crippen LogP contribution is 2.30. The lowest BCUT2D eigenvalue weighted by atomic mass is 9.81. The van der Waals surface area contributed by atoms with Crippen molar-refractivity contribution in [3.63, 3.8) is 0 Å². The zero-order chi connectivity index (χ0) is 13.1. The molecular weight excluding hydrogens is 218 g/mol. The fraction of sp³-hybridized carbons (Fsp3) is 1.00. The third-order valence-corrected chi connectivity index (χ3v) is 4.43. The molecule has 0 saturated heterocycles. The van der Waals surface area contributed by atoms with Crippen LogP contribution in [-0.2, 0) is 0 Å². The molecule has 1 fully saturated rings. The van der Waals surface area contributed by atoms with Crippen LogP contribution in [-0.4, -0.2) is 12.6 Å². The summed E-state index contributed by atoms with van der Waals surface area (Å²) in [5, 5.41) is 3.69. The molecule has 108 valence electrons. The van der Waals surface area contributed by atoms with Gasteiger partial charge in [-0.1, -0.05) is 71.1 Å². The van der Waals surface area contributed by atoms with Gasteiger partial charge in [-0.2, -0.15) is 0 Å². The van der Waals surface area contributed by atoms with E-state index in [9.17, 15) is 0 Å². The molecule has 0 aliphatic heterocycles. The zero-order valence-corrected chi connectivity index (χ0v) is 12.8. The molecular formula is C17H35N. The summed E-state index contributed by atoms with van der Waals surface area (Å²) in [5.41, 5.74) is 0. The van der Waals surface area contributed by atoms with E-state index in [4.69, 9.17) is 0 Å². The summed E-state index contributed by atoms with van der Waals surface area (Å²) in [7, 11) is 0. The van der Waals surface area contributed by atoms with Crippen LogP contribution in [0.1, 0.15) is 90.9 Å². The van der Waals surface area contributed by atoms with Crippen LogP contribution in [0.4, 0.5) is 0 Å². The van der Waals surface area contributed by atoms with Crippen molar-refractivity contribution in [1.82, 2.24) is 5.32 Å². The Kier molecular flexibility index (Phi) is 9.65. The second-order valence-corrected chi connectivity index (χ2v) is 6.36. The predicted molar refractivity (Wildman–Crippen MR) is 82.0 cm³/mol. The summed E-state index contributed by atoms with van der Waals surface area (Å²) >= 11 is 0. The molecule has 1 heteroatoms. The smallest absolute Gasteiger partial charge is 0.00413 e. The third kappa shape index (κ3) is 8.13. The van der Waals surface area contributed by atoms with Crippen LogP contribution in [0.2, 0.25) is 0 Å². The van der Waals surface area contributed by atoms with Crippen molar-refractivity contribution in [2.75, 3.05) is 6.54 Å². The summed E-state index contributed by atoms with van der Waals surface area (Å²) in [6.45, 7) is 5.89. The minimum Gasteiger partial charge on any atom is -0.314 e. The standard InChI is InChI=1S/C17H35N/c1-3-4-5-6-7-8-9-10-14-18-16(2)15-17-12-11-13-17/h16-18H,3-15H2,1-2H3. The molecule has 0 bridgehead atoms. The van der Waals surface area contributed by atoms with Crippen LogP contribution < -0.4 is 5.32 Å². The van der Waals surface area contributed by atoms with Gasteiger partial charge < -0.3 is 5.32 Å². The highest BCUT2D eigenvalue weighted by Gasteiger charge is 2.19. The maximum absolute atomic E-state index is 3.69. The molecule has 18 heavy (non-hydrogen) atoms. The van der Waals surface area contributed by atoms with Gasteiger partial charge in [0.05, 0.1) is 0 Å². The van der Waals surface area contributed by atoms with Gasteiger partial charge in [0.2, 0.25) is 0 Å². The molecule has 1 aliphatic rings. The lowest BCUT2D eigenvalue weighted by Crippen LogP contribution is -2.30.